The van der Waals surface area contributed by atoms with Crippen LogP contribution in [0.3, 0.4) is 0 Å². The summed E-state index contributed by atoms with van der Waals surface area (Å²) in [5.74, 6) is -1.11. The van der Waals surface area contributed by atoms with E-state index in [9.17, 15) is 19.3 Å². The number of hydrogen-bond donors (Lipinski definition) is 1. The lowest BCUT2D eigenvalue weighted by Gasteiger charge is -2.06. The molecule has 9 nitrogen and oxygen atoms in total. The molecule has 0 saturated heterocycles. The number of anilines is 1. The first-order chi connectivity index (χ1) is 13.2. The monoisotopic (exact) mass is 470 g/mol. The number of carbonyl (C=O) groups is 1. The number of halogens is 3. The Labute approximate surface area is 171 Å². The van der Waals surface area contributed by atoms with Gasteiger partial charge in [0.1, 0.15) is 11.5 Å². The van der Waals surface area contributed by atoms with Crippen molar-refractivity contribution in [3.63, 3.8) is 0 Å². The maximum absolute atomic E-state index is 14.0. The third kappa shape index (κ3) is 3.76. The first-order valence-corrected chi connectivity index (χ1v) is 9.01. The van der Waals surface area contributed by atoms with Crippen LogP contribution in [0.2, 0.25) is 5.02 Å². The molecule has 2 heterocycles. The summed E-state index contributed by atoms with van der Waals surface area (Å²) in [7, 11) is 1.43. The van der Waals surface area contributed by atoms with E-state index in [0.29, 0.717) is 4.47 Å². The molecule has 0 fully saturated rings. The van der Waals surface area contributed by atoms with Crippen LogP contribution < -0.4 is 5.32 Å². The van der Waals surface area contributed by atoms with Crippen LogP contribution in [-0.2, 0) is 13.6 Å². The molecule has 0 aliphatic heterocycles. The van der Waals surface area contributed by atoms with Crippen LogP contribution in [0.5, 0.6) is 0 Å². The second-order valence-corrected chi connectivity index (χ2v) is 7.10. The quantitative estimate of drug-likeness (QED) is 0.451. The number of hydrogen-bond acceptors (Lipinski definition) is 5. The molecule has 0 saturated carbocycles. The molecule has 1 N–H and O–H groups in total. The van der Waals surface area contributed by atoms with E-state index in [2.05, 4.69) is 31.4 Å². The number of aromatic nitrogens is 4. The zero-order valence-corrected chi connectivity index (χ0v) is 17.0. The third-order valence-corrected chi connectivity index (χ3v) is 4.85. The summed E-state index contributed by atoms with van der Waals surface area (Å²) in [5.41, 5.74) is -0.221. The van der Waals surface area contributed by atoms with Gasteiger partial charge in [-0.1, -0.05) is 17.7 Å². The Morgan fingerprint density at radius 3 is 2.79 bits per heavy atom. The van der Waals surface area contributed by atoms with E-state index in [1.807, 2.05) is 0 Å². The third-order valence-electron chi connectivity index (χ3n) is 3.92. The number of benzene rings is 1. The minimum Gasteiger partial charge on any atom is -0.303 e. The summed E-state index contributed by atoms with van der Waals surface area (Å²) >= 11 is 9.28. The summed E-state index contributed by atoms with van der Waals surface area (Å²) in [6.45, 7) is 1.47. The summed E-state index contributed by atoms with van der Waals surface area (Å²) in [6.07, 6.45) is 1.53. The maximum atomic E-state index is 14.0. The van der Waals surface area contributed by atoms with Crippen molar-refractivity contribution < 1.29 is 14.1 Å². The molecular formula is C16H13BrClFN6O3. The van der Waals surface area contributed by atoms with Crippen LogP contribution >= 0.6 is 27.5 Å². The normalized spacial score (nSPS) is 10.9. The van der Waals surface area contributed by atoms with Crippen molar-refractivity contribution in [3.8, 4) is 0 Å². The van der Waals surface area contributed by atoms with Crippen LogP contribution in [0.1, 0.15) is 21.7 Å². The van der Waals surface area contributed by atoms with E-state index in [-0.39, 0.29) is 40.0 Å². The van der Waals surface area contributed by atoms with Crippen LogP contribution in [0.15, 0.2) is 28.9 Å². The number of carbonyl (C=O) groups excluding carboxylic acids is 1. The molecule has 0 bridgehead atoms. The molecule has 0 aliphatic rings. The van der Waals surface area contributed by atoms with E-state index < -0.39 is 16.6 Å². The number of rotatable bonds is 5. The molecule has 28 heavy (non-hydrogen) atoms. The van der Waals surface area contributed by atoms with Crippen molar-refractivity contribution in [3.05, 3.63) is 66.8 Å². The van der Waals surface area contributed by atoms with Crippen molar-refractivity contribution in [2.75, 3.05) is 5.32 Å². The van der Waals surface area contributed by atoms with Gasteiger partial charge in [-0.25, -0.2) is 4.39 Å². The Bertz CT molecular complexity index is 1080. The zero-order valence-electron chi connectivity index (χ0n) is 14.6. The van der Waals surface area contributed by atoms with Crippen LogP contribution in [-0.4, -0.2) is 30.4 Å². The number of amides is 1. The van der Waals surface area contributed by atoms with E-state index >= 15 is 0 Å². The molecule has 1 aromatic carbocycles. The predicted octanol–water partition coefficient (Wildman–Crippen LogP) is 3.69. The molecule has 0 radical (unpaired) electrons. The molecule has 0 unspecified atom stereocenters. The van der Waals surface area contributed by atoms with Crippen LogP contribution in [0, 0.1) is 22.9 Å². The van der Waals surface area contributed by atoms with Crippen molar-refractivity contribution in [1.29, 1.82) is 0 Å². The maximum Gasteiger partial charge on any atom is 0.322 e. The van der Waals surface area contributed by atoms with Crippen molar-refractivity contribution >= 4 is 44.9 Å². The summed E-state index contributed by atoms with van der Waals surface area (Å²) in [5, 5.41) is 22.1. The Balaban J connectivity index is 1.87. The van der Waals surface area contributed by atoms with Crippen molar-refractivity contribution in [2.45, 2.75) is 13.5 Å². The molecule has 0 atom stereocenters. The zero-order chi connectivity index (χ0) is 20.6. The lowest BCUT2D eigenvalue weighted by Crippen LogP contribution is -2.18. The number of nitro groups is 1. The minimum absolute atomic E-state index is 0.0327. The van der Waals surface area contributed by atoms with E-state index in [1.165, 1.54) is 37.0 Å². The van der Waals surface area contributed by atoms with Gasteiger partial charge in [0.25, 0.3) is 5.91 Å². The molecule has 2 aromatic heterocycles. The van der Waals surface area contributed by atoms with E-state index in [4.69, 9.17) is 11.6 Å². The Kier molecular flexibility index (Phi) is 5.47. The van der Waals surface area contributed by atoms with E-state index in [1.54, 1.807) is 6.07 Å². The van der Waals surface area contributed by atoms with Crippen LogP contribution in [0.25, 0.3) is 0 Å². The van der Waals surface area contributed by atoms with Gasteiger partial charge >= 0.3 is 5.69 Å². The molecule has 1 amide bonds. The Morgan fingerprint density at radius 2 is 2.14 bits per heavy atom. The second-order valence-electron chi connectivity index (χ2n) is 5.84. The topological polar surface area (TPSA) is 108 Å². The highest BCUT2D eigenvalue weighted by Crippen LogP contribution is 2.27. The molecular weight excluding hydrogens is 459 g/mol. The Hall–Kier alpha value is -2.79. The SMILES string of the molecule is Cc1nn(C)c(C(=O)Nc2nn(Cc3c(F)cccc3Cl)cc2Br)c1[N+](=O)[O-]. The van der Waals surface area contributed by atoms with Crippen LogP contribution in [0.4, 0.5) is 15.9 Å². The molecule has 146 valence electrons. The van der Waals surface area contributed by atoms with Crippen molar-refractivity contribution in [1.82, 2.24) is 19.6 Å². The highest BCUT2D eigenvalue weighted by Gasteiger charge is 2.30. The number of nitrogens with one attached hydrogen (secondary N) is 1. The Morgan fingerprint density at radius 1 is 1.43 bits per heavy atom. The van der Waals surface area contributed by atoms with Crippen molar-refractivity contribution in [2.24, 2.45) is 7.05 Å². The molecule has 3 aromatic rings. The largest absolute Gasteiger partial charge is 0.322 e. The van der Waals surface area contributed by atoms with Gasteiger partial charge in [0, 0.05) is 23.8 Å². The highest BCUT2D eigenvalue weighted by atomic mass is 79.9. The fourth-order valence-corrected chi connectivity index (χ4v) is 3.33. The fraction of sp³-hybridized carbons (Fsp3) is 0.188. The lowest BCUT2D eigenvalue weighted by molar-refractivity contribution is -0.385. The van der Waals surface area contributed by atoms with Gasteiger partial charge in [-0.2, -0.15) is 10.2 Å². The average Bonchev–Trinajstić information content (AvgIpc) is 3.09. The number of nitrogens with zero attached hydrogens (tertiary/aromatic N) is 5. The average molecular weight is 472 g/mol. The molecule has 12 heteroatoms. The molecule has 3 rings (SSSR count). The summed E-state index contributed by atoms with van der Waals surface area (Å²) in [4.78, 5) is 23.2. The molecule has 0 spiro atoms. The standard InChI is InChI=1S/C16H13BrClFN6O3/c1-8-13(25(27)28)14(23(2)21-8)16(26)20-15-10(17)7-24(22-15)6-9-11(18)4-3-5-12(9)19/h3-5,7H,6H2,1-2H3,(H,20,22,26). The highest BCUT2D eigenvalue weighted by molar-refractivity contribution is 9.10. The lowest BCUT2D eigenvalue weighted by atomic mass is 10.2. The number of aryl methyl sites for hydroxylation is 2. The fourth-order valence-electron chi connectivity index (χ4n) is 2.69. The van der Waals surface area contributed by atoms with Gasteiger partial charge in [0.2, 0.25) is 5.69 Å². The first kappa shape index (κ1) is 20.0. The first-order valence-electron chi connectivity index (χ1n) is 7.84. The van der Waals surface area contributed by atoms with Gasteiger partial charge < -0.3 is 5.32 Å². The van der Waals surface area contributed by atoms with Gasteiger partial charge in [-0.05, 0) is 35.0 Å². The second kappa shape index (κ2) is 7.68. The minimum atomic E-state index is -0.746. The summed E-state index contributed by atoms with van der Waals surface area (Å²) < 4.78 is 16.9. The van der Waals surface area contributed by atoms with Gasteiger partial charge in [-0.3, -0.25) is 24.3 Å². The van der Waals surface area contributed by atoms with Gasteiger partial charge in [-0.15, -0.1) is 0 Å². The van der Waals surface area contributed by atoms with Gasteiger partial charge in [0.15, 0.2) is 5.82 Å². The summed E-state index contributed by atoms with van der Waals surface area (Å²) in [6, 6.07) is 4.34. The smallest absolute Gasteiger partial charge is 0.303 e. The van der Waals surface area contributed by atoms with E-state index in [0.717, 1.165) is 4.68 Å². The molecule has 0 aliphatic carbocycles. The van der Waals surface area contributed by atoms with Gasteiger partial charge in [0.05, 0.1) is 15.9 Å². The predicted molar refractivity (Wildman–Crippen MR) is 103 cm³/mol.